The van der Waals surface area contributed by atoms with Gasteiger partial charge in [0.2, 0.25) is 0 Å². The van der Waals surface area contributed by atoms with Crippen molar-refractivity contribution in [2.24, 2.45) is 5.10 Å². The summed E-state index contributed by atoms with van der Waals surface area (Å²) in [6.45, 7) is 2.53. The Bertz CT molecular complexity index is 1250. The van der Waals surface area contributed by atoms with Crippen LogP contribution in [0.5, 0.6) is 17.2 Å². The normalized spacial score (nSPS) is 10.7. The number of nitrogens with zero attached hydrogens (tertiary/aromatic N) is 1. The van der Waals surface area contributed by atoms with Crippen molar-refractivity contribution in [1.82, 2.24) is 5.43 Å². The van der Waals surface area contributed by atoms with Crippen LogP contribution in [0.1, 0.15) is 18.1 Å². The summed E-state index contributed by atoms with van der Waals surface area (Å²) >= 11 is 15.9. The van der Waals surface area contributed by atoms with Crippen molar-refractivity contribution in [3.63, 3.8) is 0 Å². The molecule has 0 saturated heterocycles. The first kappa shape index (κ1) is 27.3. The number of hydrogen-bond acceptors (Lipinski definition) is 6. The van der Waals surface area contributed by atoms with Gasteiger partial charge in [-0.3, -0.25) is 9.59 Å². The van der Waals surface area contributed by atoms with Crippen LogP contribution in [-0.4, -0.2) is 31.7 Å². The number of methoxy groups -OCH3 is 1. The van der Waals surface area contributed by atoms with Gasteiger partial charge in [0.05, 0.1) is 24.4 Å². The number of carbonyl (C=O) groups excluding carboxylic acids is 2. The third kappa shape index (κ3) is 7.36. The third-order valence-electron chi connectivity index (χ3n) is 4.68. The molecule has 8 nitrogen and oxygen atoms in total. The lowest BCUT2D eigenvalue weighted by Crippen LogP contribution is -2.32. The maximum atomic E-state index is 12.1. The summed E-state index contributed by atoms with van der Waals surface area (Å²) < 4.78 is 17.2. The second-order valence-corrected chi connectivity index (χ2v) is 8.80. The predicted molar refractivity (Wildman–Crippen MR) is 143 cm³/mol. The van der Waals surface area contributed by atoms with Crippen molar-refractivity contribution >= 4 is 62.8 Å². The zero-order valence-electron chi connectivity index (χ0n) is 19.3. The number of rotatable bonds is 9. The summed E-state index contributed by atoms with van der Waals surface area (Å²) in [5, 5.41) is 7.31. The number of hydrazone groups is 1. The topological polar surface area (TPSA) is 98.2 Å². The molecule has 0 atom stereocenters. The summed E-state index contributed by atoms with van der Waals surface area (Å²) in [6, 6.07) is 15.2. The Kier molecular flexibility index (Phi) is 9.98. The fourth-order valence-corrected chi connectivity index (χ4v) is 4.05. The Balaban J connectivity index is 1.61. The molecule has 2 N–H and O–H groups in total. The number of carbonyl (C=O) groups is 2. The van der Waals surface area contributed by atoms with Gasteiger partial charge < -0.3 is 19.5 Å². The van der Waals surface area contributed by atoms with Crippen LogP contribution in [0, 0.1) is 0 Å². The third-order valence-corrected chi connectivity index (χ3v) is 5.98. The number of benzene rings is 3. The van der Waals surface area contributed by atoms with Crippen LogP contribution in [0.25, 0.3) is 0 Å². The summed E-state index contributed by atoms with van der Waals surface area (Å²) in [5.41, 5.74) is 3.86. The van der Waals surface area contributed by atoms with Crippen molar-refractivity contribution in [3.8, 4) is 17.2 Å². The second kappa shape index (κ2) is 13.2. The zero-order chi connectivity index (χ0) is 26.1. The van der Waals surface area contributed by atoms with Gasteiger partial charge in [-0.25, -0.2) is 5.43 Å². The monoisotopic (exact) mass is 593 g/mol. The molecule has 0 fully saturated rings. The smallest absolute Gasteiger partial charge is 0.329 e. The van der Waals surface area contributed by atoms with Gasteiger partial charge in [0, 0.05) is 21.3 Å². The van der Waals surface area contributed by atoms with Crippen LogP contribution in [0.2, 0.25) is 10.0 Å². The van der Waals surface area contributed by atoms with Gasteiger partial charge in [-0.2, -0.15) is 5.10 Å². The molecule has 0 aliphatic carbocycles. The van der Waals surface area contributed by atoms with E-state index in [1.807, 2.05) is 6.92 Å². The Morgan fingerprint density at radius 3 is 2.36 bits per heavy atom. The SMILES string of the molecule is CCOc1ccc(NC(=O)C(=O)N/N=C/c2cc(Br)c(OCc3c(Cl)cccc3Cl)c(OC)c2)cc1. The maximum Gasteiger partial charge on any atom is 0.329 e. The molecule has 2 amide bonds. The van der Waals surface area contributed by atoms with Crippen molar-refractivity contribution in [2.45, 2.75) is 13.5 Å². The molecule has 0 radical (unpaired) electrons. The molecule has 36 heavy (non-hydrogen) atoms. The Morgan fingerprint density at radius 2 is 1.72 bits per heavy atom. The molecule has 11 heteroatoms. The standard InChI is InChI=1S/C25H22BrCl2N3O5/c1-3-35-17-9-7-16(8-10-17)30-24(32)25(33)31-29-13-15-11-19(26)23(22(12-15)34-2)36-14-18-20(27)5-4-6-21(18)28/h4-13H,3,14H2,1-2H3,(H,30,32)(H,31,33)/b29-13+. The van der Waals surface area contributed by atoms with Crippen LogP contribution in [0.4, 0.5) is 5.69 Å². The van der Waals surface area contributed by atoms with Gasteiger partial charge in [-0.05, 0) is 76.9 Å². The van der Waals surface area contributed by atoms with E-state index in [0.29, 0.717) is 55.2 Å². The van der Waals surface area contributed by atoms with E-state index in [1.54, 1.807) is 54.6 Å². The Labute approximate surface area is 226 Å². The molecular formula is C25H22BrCl2N3O5. The first-order valence-corrected chi connectivity index (χ1v) is 12.2. The quantitative estimate of drug-likeness (QED) is 0.184. The van der Waals surface area contributed by atoms with Gasteiger partial charge in [0.15, 0.2) is 11.5 Å². The molecule has 0 aliphatic heterocycles. The average Bonchev–Trinajstić information content (AvgIpc) is 2.85. The van der Waals surface area contributed by atoms with E-state index < -0.39 is 11.8 Å². The number of anilines is 1. The molecule has 3 aromatic carbocycles. The van der Waals surface area contributed by atoms with Gasteiger partial charge in [0.25, 0.3) is 0 Å². The minimum Gasteiger partial charge on any atom is -0.494 e. The summed E-state index contributed by atoms with van der Waals surface area (Å²) in [4.78, 5) is 24.2. The highest BCUT2D eigenvalue weighted by atomic mass is 79.9. The Morgan fingerprint density at radius 1 is 1.03 bits per heavy atom. The molecule has 0 heterocycles. The van der Waals surface area contributed by atoms with E-state index in [0.717, 1.165) is 0 Å². The first-order valence-electron chi connectivity index (χ1n) is 10.6. The molecule has 188 valence electrons. The van der Waals surface area contributed by atoms with Gasteiger partial charge in [-0.15, -0.1) is 0 Å². The highest BCUT2D eigenvalue weighted by Crippen LogP contribution is 2.37. The van der Waals surface area contributed by atoms with Crippen LogP contribution in [-0.2, 0) is 16.2 Å². The van der Waals surface area contributed by atoms with Crippen molar-refractivity contribution < 1.29 is 23.8 Å². The fourth-order valence-electron chi connectivity index (χ4n) is 2.97. The lowest BCUT2D eigenvalue weighted by molar-refractivity contribution is -0.136. The lowest BCUT2D eigenvalue weighted by atomic mass is 10.2. The average molecular weight is 595 g/mol. The zero-order valence-corrected chi connectivity index (χ0v) is 22.4. The number of ether oxygens (including phenoxy) is 3. The number of hydrogen-bond donors (Lipinski definition) is 2. The van der Waals surface area contributed by atoms with Crippen LogP contribution < -0.4 is 25.0 Å². The number of halogens is 3. The number of amides is 2. The van der Waals surface area contributed by atoms with Gasteiger partial charge >= 0.3 is 11.8 Å². The largest absolute Gasteiger partial charge is 0.494 e. The van der Waals surface area contributed by atoms with Gasteiger partial charge in [-0.1, -0.05) is 29.3 Å². The van der Waals surface area contributed by atoms with E-state index in [-0.39, 0.29) is 6.61 Å². The summed E-state index contributed by atoms with van der Waals surface area (Å²) in [5.74, 6) is -0.284. The fraction of sp³-hybridized carbons (Fsp3) is 0.160. The van der Waals surface area contributed by atoms with Crippen LogP contribution in [0.3, 0.4) is 0 Å². The second-order valence-electron chi connectivity index (χ2n) is 7.13. The van der Waals surface area contributed by atoms with E-state index >= 15 is 0 Å². The van der Waals surface area contributed by atoms with Crippen LogP contribution in [0.15, 0.2) is 64.2 Å². The molecule has 0 unspecified atom stereocenters. The van der Waals surface area contributed by atoms with E-state index in [2.05, 4.69) is 31.8 Å². The highest BCUT2D eigenvalue weighted by Gasteiger charge is 2.15. The molecule has 0 saturated carbocycles. The molecule has 0 aliphatic rings. The molecule has 3 aromatic rings. The first-order chi connectivity index (χ1) is 17.3. The summed E-state index contributed by atoms with van der Waals surface area (Å²) in [6.07, 6.45) is 1.37. The molecule has 0 spiro atoms. The molecular weight excluding hydrogens is 573 g/mol. The molecule has 0 aromatic heterocycles. The predicted octanol–water partition coefficient (Wildman–Crippen LogP) is 5.83. The van der Waals surface area contributed by atoms with Crippen molar-refractivity contribution in [1.29, 1.82) is 0 Å². The minimum absolute atomic E-state index is 0.125. The minimum atomic E-state index is -0.928. The Hall–Kier alpha value is -3.27. The number of nitrogens with one attached hydrogen (secondary N) is 2. The van der Waals surface area contributed by atoms with E-state index in [1.165, 1.54) is 13.3 Å². The molecule has 3 rings (SSSR count). The van der Waals surface area contributed by atoms with Gasteiger partial charge in [0.1, 0.15) is 12.4 Å². The lowest BCUT2D eigenvalue weighted by Gasteiger charge is -2.14. The van der Waals surface area contributed by atoms with Crippen molar-refractivity contribution in [3.05, 3.63) is 80.2 Å². The van der Waals surface area contributed by atoms with Crippen molar-refractivity contribution in [2.75, 3.05) is 19.0 Å². The summed E-state index contributed by atoms with van der Waals surface area (Å²) in [7, 11) is 1.49. The highest BCUT2D eigenvalue weighted by molar-refractivity contribution is 9.10. The van der Waals surface area contributed by atoms with E-state index in [9.17, 15) is 9.59 Å². The molecule has 0 bridgehead atoms. The maximum absolute atomic E-state index is 12.1. The van der Waals surface area contributed by atoms with E-state index in [4.69, 9.17) is 37.4 Å². The van der Waals surface area contributed by atoms with Crippen LogP contribution >= 0.6 is 39.1 Å².